The number of ether oxygens (including phenoxy) is 3. The van der Waals surface area contributed by atoms with Gasteiger partial charge in [-0.3, -0.25) is 4.79 Å². The van der Waals surface area contributed by atoms with E-state index >= 15 is 0 Å². The molecule has 178 valence electrons. The Hall–Kier alpha value is -0.770. The fourth-order valence-corrected chi connectivity index (χ4v) is 3.39. The molecule has 1 fully saturated rings. The van der Waals surface area contributed by atoms with Gasteiger partial charge in [-0.15, -0.1) is 0 Å². The number of aliphatic hydroxyl groups is 3. The number of rotatable bonds is 16. The topological polar surface area (TPSA) is 117 Å². The van der Waals surface area contributed by atoms with Crippen LogP contribution in [0.4, 0.5) is 0 Å². The summed E-state index contributed by atoms with van der Waals surface area (Å²) in [6.45, 7) is 7.44. The number of carbonyl (C=O) groups is 1. The molecule has 1 aliphatic rings. The van der Waals surface area contributed by atoms with E-state index in [-0.39, 0.29) is 18.4 Å². The first kappa shape index (κ1) is 27.3. The average molecular weight is 434 g/mol. The normalized spacial score (nSPS) is 26.8. The maximum Gasteiger partial charge on any atom is 0.219 e. The van der Waals surface area contributed by atoms with Gasteiger partial charge in [-0.05, 0) is 39.5 Å². The summed E-state index contributed by atoms with van der Waals surface area (Å²) < 4.78 is 16.7. The van der Waals surface area contributed by atoms with Crippen molar-refractivity contribution in [1.82, 2.24) is 5.32 Å². The van der Waals surface area contributed by atoms with E-state index in [0.29, 0.717) is 19.1 Å². The van der Waals surface area contributed by atoms with Crippen molar-refractivity contribution < 1.29 is 34.3 Å². The zero-order valence-electron chi connectivity index (χ0n) is 18.9. The Morgan fingerprint density at radius 1 is 1.00 bits per heavy atom. The van der Waals surface area contributed by atoms with Crippen LogP contribution in [0.15, 0.2) is 0 Å². The summed E-state index contributed by atoms with van der Waals surface area (Å²) in [5.41, 5.74) is 0. The predicted octanol–water partition coefficient (Wildman–Crippen LogP) is 1.74. The third-order valence-corrected chi connectivity index (χ3v) is 5.36. The van der Waals surface area contributed by atoms with Gasteiger partial charge in [-0.2, -0.15) is 0 Å². The number of unbranched alkanes of at least 4 members (excludes halogenated alkanes) is 5. The van der Waals surface area contributed by atoms with Crippen LogP contribution in [0.5, 0.6) is 0 Å². The minimum atomic E-state index is -1.11. The van der Waals surface area contributed by atoms with Crippen LogP contribution in [0.2, 0.25) is 0 Å². The van der Waals surface area contributed by atoms with Gasteiger partial charge in [-0.25, -0.2) is 0 Å². The van der Waals surface area contributed by atoms with Gasteiger partial charge in [0.2, 0.25) is 5.91 Å². The Balaban J connectivity index is 1.98. The maximum absolute atomic E-state index is 11.9. The average Bonchev–Trinajstić information content (AvgIpc) is 2.72. The largest absolute Gasteiger partial charge is 0.394 e. The van der Waals surface area contributed by atoms with E-state index < -0.39 is 24.6 Å². The van der Waals surface area contributed by atoms with Crippen LogP contribution in [0.3, 0.4) is 0 Å². The van der Waals surface area contributed by atoms with Crippen LogP contribution in [0.25, 0.3) is 0 Å². The predicted molar refractivity (Wildman–Crippen MR) is 114 cm³/mol. The molecule has 30 heavy (non-hydrogen) atoms. The van der Waals surface area contributed by atoms with E-state index in [1.165, 1.54) is 0 Å². The first-order valence-electron chi connectivity index (χ1n) is 11.5. The van der Waals surface area contributed by atoms with Gasteiger partial charge < -0.3 is 34.8 Å². The van der Waals surface area contributed by atoms with Crippen LogP contribution in [-0.2, 0) is 19.0 Å². The molecule has 1 rings (SSSR count). The van der Waals surface area contributed by atoms with Crippen LogP contribution in [0.1, 0.15) is 72.1 Å². The van der Waals surface area contributed by atoms with Crippen molar-refractivity contribution in [1.29, 1.82) is 0 Å². The SMILES string of the molecule is CC(C)OCCCCCCNC(=O)CCCCCO[C@@H]1OC(CO)[C@H](O)[C@H](O)C1C. The van der Waals surface area contributed by atoms with Gasteiger partial charge in [0.05, 0.1) is 18.8 Å². The van der Waals surface area contributed by atoms with Crippen molar-refractivity contribution in [3.05, 3.63) is 0 Å². The van der Waals surface area contributed by atoms with E-state index in [1.54, 1.807) is 6.92 Å². The first-order chi connectivity index (χ1) is 14.4. The molecule has 0 spiro atoms. The fraction of sp³-hybridized carbons (Fsp3) is 0.955. The van der Waals surface area contributed by atoms with Crippen molar-refractivity contribution >= 4 is 5.91 Å². The lowest BCUT2D eigenvalue weighted by atomic mass is 9.92. The number of hydrogen-bond acceptors (Lipinski definition) is 7. The highest BCUT2D eigenvalue weighted by molar-refractivity contribution is 5.75. The standard InChI is InChI=1S/C22H43NO7/c1-16(2)28-13-9-5-4-8-12-23-19(25)11-7-6-10-14-29-22-17(3)20(26)21(27)18(15-24)30-22/h16-18,20-22,24,26-27H,4-15H2,1-3H3,(H,23,25)/t17?,18?,20-,21+,22-/m1/s1. The summed E-state index contributed by atoms with van der Waals surface area (Å²) in [6.07, 6.45) is 3.94. The highest BCUT2D eigenvalue weighted by Gasteiger charge is 2.42. The minimum Gasteiger partial charge on any atom is -0.394 e. The Morgan fingerprint density at radius 2 is 1.67 bits per heavy atom. The molecule has 0 aromatic carbocycles. The number of aliphatic hydroxyl groups excluding tert-OH is 3. The van der Waals surface area contributed by atoms with Gasteiger partial charge in [0, 0.05) is 32.1 Å². The first-order valence-corrected chi connectivity index (χ1v) is 11.5. The molecule has 8 nitrogen and oxygen atoms in total. The van der Waals surface area contributed by atoms with E-state index in [9.17, 15) is 20.1 Å². The van der Waals surface area contributed by atoms with Crippen molar-refractivity contribution in [3.63, 3.8) is 0 Å². The molecule has 1 heterocycles. The van der Waals surface area contributed by atoms with Crippen molar-refractivity contribution in [2.24, 2.45) is 5.92 Å². The summed E-state index contributed by atoms with van der Waals surface area (Å²) in [5, 5.41) is 32.0. The third kappa shape index (κ3) is 11.0. The Bertz CT molecular complexity index is 447. The zero-order chi connectivity index (χ0) is 22.4. The quantitative estimate of drug-likeness (QED) is 0.274. The Morgan fingerprint density at radius 3 is 2.37 bits per heavy atom. The molecule has 5 atom stereocenters. The van der Waals surface area contributed by atoms with Crippen molar-refractivity contribution in [3.8, 4) is 0 Å². The smallest absolute Gasteiger partial charge is 0.219 e. The van der Waals surface area contributed by atoms with Crippen LogP contribution in [-0.4, -0.2) is 78.3 Å². The van der Waals surface area contributed by atoms with Crippen LogP contribution in [0, 0.1) is 5.92 Å². The van der Waals surface area contributed by atoms with E-state index in [0.717, 1.165) is 58.1 Å². The monoisotopic (exact) mass is 433 g/mol. The van der Waals surface area contributed by atoms with Gasteiger partial charge in [-0.1, -0.05) is 26.2 Å². The van der Waals surface area contributed by atoms with Gasteiger partial charge in [0.25, 0.3) is 0 Å². The molecule has 1 saturated heterocycles. The molecule has 0 aromatic rings. The van der Waals surface area contributed by atoms with Gasteiger partial charge in [0.15, 0.2) is 6.29 Å². The minimum absolute atomic E-state index is 0.0891. The van der Waals surface area contributed by atoms with Crippen LogP contribution < -0.4 is 5.32 Å². The lowest BCUT2D eigenvalue weighted by Crippen LogP contribution is -2.55. The molecule has 0 aliphatic carbocycles. The molecule has 4 N–H and O–H groups in total. The highest BCUT2D eigenvalue weighted by Crippen LogP contribution is 2.26. The fourth-order valence-electron chi connectivity index (χ4n) is 3.39. The van der Waals surface area contributed by atoms with E-state index in [2.05, 4.69) is 5.32 Å². The molecule has 8 heteroatoms. The number of nitrogens with one attached hydrogen (secondary N) is 1. The lowest BCUT2D eigenvalue weighted by molar-refractivity contribution is -0.282. The zero-order valence-corrected chi connectivity index (χ0v) is 18.9. The second-order valence-electron chi connectivity index (χ2n) is 8.43. The molecule has 0 bridgehead atoms. The molecule has 0 radical (unpaired) electrons. The second-order valence-corrected chi connectivity index (χ2v) is 8.43. The summed E-state index contributed by atoms with van der Waals surface area (Å²) >= 11 is 0. The van der Waals surface area contributed by atoms with Crippen molar-refractivity contribution in [2.45, 2.75) is 103 Å². The summed E-state index contributed by atoms with van der Waals surface area (Å²) in [4.78, 5) is 11.9. The lowest BCUT2D eigenvalue weighted by Gasteiger charge is -2.40. The van der Waals surface area contributed by atoms with E-state index in [4.69, 9.17) is 14.2 Å². The summed E-state index contributed by atoms with van der Waals surface area (Å²) in [5.74, 6) is -0.289. The molecule has 2 unspecified atom stereocenters. The third-order valence-electron chi connectivity index (χ3n) is 5.36. The maximum atomic E-state index is 11.9. The second kappa shape index (κ2) is 15.9. The molecule has 0 aromatic heterocycles. The Kier molecular flexibility index (Phi) is 14.5. The molecule has 1 amide bonds. The molecule has 0 saturated carbocycles. The van der Waals surface area contributed by atoms with Gasteiger partial charge >= 0.3 is 0 Å². The summed E-state index contributed by atoms with van der Waals surface area (Å²) in [7, 11) is 0. The van der Waals surface area contributed by atoms with Gasteiger partial charge in [0.1, 0.15) is 12.2 Å². The molecule has 1 aliphatic heterocycles. The Labute approximate surface area is 181 Å². The van der Waals surface area contributed by atoms with E-state index in [1.807, 2.05) is 13.8 Å². The number of amides is 1. The number of carbonyl (C=O) groups excluding carboxylic acids is 1. The summed E-state index contributed by atoms with van der Waals surface area (Å²) in [6, 6.07) is 0. The highest BCUT2D eigenvalue weighted by atomic mass is 16.7. The molecular weight excluding hydrogens is 390 g/mol. The van der Waals surface area contributed by atoms with Crippen molar-refractivity contribution in [2.75, 3.05) is 26.4 Å². The van der Waals surface area contributed by atoms with Crippen LogP contribution >= 0.6 is 0 Å². The molecular formula is C22H43NO7. The number of hydrogen-bond donors (Lipinski definition) is 4.